The van der Waals surface area contributed by atoms with E-state index < -0.39 is 0 Å². The minimum atomic E-state index is -0.0820. The van der Waals surface area contributed by atoms with Crippen molar-refractivity contribution < 1.29 is 9.84 Å². The smallest absolute Gasteiger partial charge is 0.138 e. The zero-order chi connectivity index (χ0) is 23.3. The SMILES string of the molecule is N#Cc1cnn2cc(OCCO)cc(-c3ccc(N4CCN(Cc5ccccn5)CC4)nc3)c12. The summed E-state index contributed by atoms with van der Waals surface area (Å²) < 4.78 is 7.24. The molecule has 9 nitrogen and oxygen atoms in total. The van der Waals surface area contributed by atoms with E-state index in [0.717, 1.165) is 55.4 Å². The van der Waals surface area contributed by atoms with Crippen LogP contribution in [0.15, 0.2) is 61.2 Å². The highest BCUT2D eigenvalue weighted by molar-refractivity contribution is 5.85. The number of ether oxygens (including phenoxy) is 1. The molecule has 1 N–H and O–H groups in total. The van der Waals surface area contributed by atoms with E-state index in [0.29, 0.717) is 16.8 Å². The van der Waals surface area contributed by atoms with Crippen molar-refractivity contribution in [3.05, 3.63) is 72.4 Å². The van der Waals surface area contributed by atoms with Gasteiger partial charge in [0, 0.05) is 56.2 Å². The number of hydrogen-bond acceptors (Lipinski definition) is 8. The van der Waals surface area contributed by atoms with Gasteiger partial charge < -0.3 is 14.7 Å². The van der Waals surface area contributed by atoms with Gasteiger partial charge in [-0.2, -0.15) is 10.4 Å². The number of fused-ring (bicyclic) bond motifs is 1. The number of hydrogen-bond donors (Lipinski definition) is 1. The monoisotopic (exact) mass is 455 g/mol. The Bertz CT molecular complexity index is 1290. The number of aromatic nitrogens is 4. The molecule has 0 atom stereocenters. The van der Waals surface area contributed by atoms with E-state index in [-0.39, 0.29) is 13.2 Å². The van der Waals surface area contributed by atoms with Gasteiger partial charge in [0.25, 0.3) is 0 Å². The van der Waals surface area contributed by atoms with E-state index in [2.05, 4.69) is 32.0 Å². The molecule has 0 aromatic carbocycles. The summed E-state index contributed by atoms with van der Waals surface area (Å²) in [6, 6.07) is 14.1. The van der Waals surface area contributed by atoms with Gasteiger partial charge in [-0.25, -0.2) is 9.50 Å². The van der Waals surface area contributed by atoms with Crippen LogP contribution in [0.1, 0.15) is 11.3 Å². The first-order valence-electron chi connectivity index (χ1n) is 11.2. The highest BCUT2D eigenvalue weighted by Gasteiger charge is 2.19. The second-order valence-electron chi connectivity index (χ2n) is 8.11. The second-order valence-corrected chi connectivity index (χ2v) is 8.11. The highest BCUT2D eigenvalue weighted by Crippen LogP contribution is 2.31. The lowest BCUT2D eigenvalue weighted by atomic mass is 10.1. The van der Waals surface area contributed by atoms with Crippen molar-refractivity contribution in [2.45, 2.75) is 6.54 Å². The molecular formula is C25H25N7O2. The first-order valence-corrected chi connectivity index (χ1v) is 11.2. The minimum Gasteiger partial charge on any atom is -0.490 e. The number of aliphatic hydroxyl groups excluding tert-OH is 1. The van der Waals surface area contributed by atoms with Gasteiger partial charge in [-0.1, -0.05) is 6.07 Å². The summed E-state index contributed by atoms with van der Waals surface area (Å²) in [5.41, 5.74) is 3.96. The fraction of sp³-hybridized carbons (Fsp3) is 0.280. The number of aliphatic hydroxyl groups is 1. The Morgan fingerprint density at radius 2 is 1.94 bits per heavy atom. The molecule has 1 aliphatic rings. The molecule has 5 heterocycles. The summed E-state index contributed by atoms with van der Waals surface area (Å²) in [6.45, 7) is 4.66. The van der Waals surface area contributed by atoms with E-state index in [1.54, 1.807) is 16.9 Å². The fourth-order valence-electron chi connectivity index (χ4n) is 4.23. The highest BCUT2D eigenvalue weighted by atomic mass is 16.5. The van der Waals surface area contributed by atoms with E-state index in [9.17, 15) is 5.26 Å². The summed E-state index contributed by atoms with van der Waals surface area (Å²) in [7, 11) is 0. The molecule has 4 aromatic heterocycles. The average Bonchev–Trinajstić information content (AvgIpc) is 3.31. The maximum absolute atomic E-state index is 9.54. The van der Waals surface area contributed by atoms with Crippen LogP contribution in [0.25, 0.3) is 16.6 Å². The maximum Gasteiger partial charge on any atom is 0.138 e. The van der Waals surface area contributed by atoms with Crippen LogP contribution in [-0.4, -0.2) is 69.0 Å². The third-order valence-corrected chi connectivity index (χ3v) is 5.93. The molecule has 0 unspecified atom stereocenters. The molecule has 1 fully saturated rings. The van der Waals surface area contributed by atoms with Crippen LogP contribution in [0.2, 0.25) is 0 Å². The fourth-order valence-corrected chi connectivity index (χ4v) is 4.23. The van der Waals surface area contributed by atoms with Gasteiger partial charge in [0.15, 0.2) is 0 Å². The summed E-state index contributed by atoms with van der Waals surface area (Å²) in [4.78, 5) is 13.8. The summed E-state index contributed by atoms with van der Waals surface area (Å²) in [5.74, 6) is 1.50. The minimum absolute atomic E-state index is 0.0820. The second kappa shape index (κ2) is 9.87. The van der Waals surface area contributed by atoms with Gasteiger partial charge in [0.1, 0.15) is 24.2 Å². The van der Waals surface area contributed by atoms with Crippen LogP contribution in [0, 0.1) is 11.3 Å². The number of anilines is 1. The third-order valence-electron chi connectivity index (χ3n) is 5.93. The molecule has 5 rings (SSSR count). The molecule has 9 heteroatoms. The number of piperazine rings is 1. The van der Waals surface area contributed by atoms with Gasteiger partial charge in [0.05, 0.1) is 35.8 Å². The number of nitriles is 1. The molecule has 0 aliphatic carbocycles. The lowest BCUT2D eigenvalue weighted by Crippen LogP contribution is -2.46. The lowest BCUT2D eigenvalue weighted by Gasteiger charge is -2.35. The van der Waals surface area contributed by atoms with E-state index >= 15 is 0 Å². The number of pyridine rings is 3. The molecule has 0 saturated carbocycles. The van der Waals surface area contributed by atoms with Crippen molar-refractivity contribution in [1.29, 1.82) is 5.26 Å². The van der Waals surface area contributed by atoms with Gasteiger partial charge in [0.2, 0.25) is 0 Å². The summed E-state index contributed by atoms with van der Waals surface area (Å²) >= 11 is 0. The van der Waals surface area contributed by atoms with Crippen molar-refractivity contribution in [3.8, 4) is 22.9 Å². The Morgan fingerprint density at radius 3 is 2.65 bits per heavy atom. The standard InChI is InChI=1S/C25H25N7O2/c26-14-20-16-29-32-18-22(34-12-11-33)13-23(25(20)32)19-4-5-24(28-15-19)31-9-7-30(8-10-31)17-21-3-1-2-6-27-21/h1-6,13,15-16,18,33H,7-12,17H2. The van der Waals surface area contributed by atoms with Gasteiger partial charge in [-0.3, -0.25) is 9.88 Å². The Labute approximate surface area is 197 Å². The van der Waals surface area contributed by atoms with E-state index in [1.165, 1.54) is 0 Å². The first kappa shape index (κ1) is 21.8. The van der Waals surface area contributed by atoms with Crippen LogP contribution >= 0.6 is 0 Å². The topological polar surface area (TPSA) is 103 Å². The van der Waals surface area contributed by atoms with Crippen LogP contribution in [0.3, 0.4) is 0 Å². The van der Waals surface area contributed by atoms with Crippen molar-refractivity contribution >= 4 is 11.3 Å². The van der Waals surface area contributed by atoms with Gasteiger partial charge in [-0.05, 0) is 30.3 Å². The Morgan fingerprint density at radius 1 is 1.06 bits per heavy atom. The molecule has 0 radical (unpaired) electrons. The third kappa shape index (κ3) is 4.55. The van der Waals surface area contributed by atoms with Crippen LogP contribution < -0.4 is 9.64 Å². The Kier molecular flexibility index (Phi) is 6.33. The molecule has 172 valence electrons. The zero-order valence-corrected chi connectivity index (χ0v) is 18.7. The van der Waals surface area contributed by atoms with E-state index in [1.807, 2.05) is 42.7 Å². The largest absolute Gasteiger partial charge is 0.490 e. The molecule has 34 heavy (non-hydrogen) atoms. The summed E-state index contributed by atoms with van der Waals surface area (Å²) in [5, 5.41) is 22.9. The molecule has 4 aromatic rings. The summed E-state index contributed by atoms with van der Waals surface area (Å²) in [6.07, 6.45) is 6.92. The molecule has 0 spiro atoms. The Hall–Kier alpha value is -4.00. The van der Waals surface area contributed by atoms with Crippen molar-refractivity contribution in [1.82, 2.24) is 24.5 Å². The Balaban J connectivity index is 1.33. The molecule has 1 aliphatic heterocycles. The molecular weight excluding hydrogens is 430 g/mol. The molecule has 0 bridgehead atoms. The average molecular weight is 456 g/mol. The first-order chi connectivity index (χ1) is 16.7. The lowest BCUT2D eigenvalue weighted by molar-refractivity contribution is 0.201. The quantitative estimate of drug-likeness (QED) is 0.453. The van der Waals surface area contributed by atoms with Crippen LogP contribution in [-0.2, 0) is 6.54 Å². The van der Waals surface area contributed by atoms with Gasteiger partial charge in [-0.15, -0.1) is 0 Å². The van der Waals surface area contributed by atoms with Crippen molar-refractivity contribution in [2.75, 3.05) is 44.3 Å². The van der Waals surface area contributed by atoms with Crippen molar-refractivity contribution in [3.63, 3.8) is 0 Å². The molecule has 1 saturated heterocycles. The molecule has 0 amide bonds. The predicted molar refractivity (Wildman–Crippen MR) is 127 cm³/mol. The number of rotatable bonds is 7. The normalized spacial score (nSPS) is 14.3. The predicted octanol–water partition coefficient (Wildman–Crippen LogP) is 2.36. The maximum atomic E-state index is 9.54. The zero-order valence-electron chi connectivity index (χ0n) is 18.7. The van der Waals surface area contributed by atoms with Crippen molar-refractivity contribution in [2.24, 2.45) is 0 Å². The van der Waals surface area contributed by atoms with Crippen LogP contribution in [0.4, 0.5) is 5.82 Å². The van der Waals surface area contributed by atoms with E-state index in [4.69, 9.17) is 14.8 Å². The number of nitrogens with zero attached hydrogens (tertiary/aromatic N) is 7. The van der Waals surface area contributed by atoms with Crippen LogP contribution in [0.5, 0.6) is 5.75 Å². The van der Waals surface area contributed by atoms with Gasteiger partial charge >= 0.3 is 0 Å².